The summed E-state index contributed by atoms with van der Waals surface area (Å²) in [5.41, 5.74) is -0.695. The molecule has 2 aliphatic rings. The summed E-state index contributed by atoms with van der Waals surface area (Å²) in [4.78, 5) is 12.4. The third kappa shape index (κ3) is 3.97. The fourth-order valence-corrected chi connectivity index (χ4v) is 5.48. The summed E-state index contributed by atoms with van der Waals surface area (Å²) in [5.74, 6) is -0.479. The number of hydrogen-bond acceptors (Lipinski definition) is 5. The highest BCUT2D eigenvalue weighted by molar-refractivity contribution is 7.89. The smallest absolute Gasteiger partial charge is 0.252 e. The van der Waals surface area contributed by atoms with E-state index < -0.39 is 21.5 Å². The molecule has 2 atom stereocenters. The third-order valence-electron chi connectivity index (χ3n) is 4.97. The van der Waals surface area contributed by atoms with Crippen molar-refractivity contribution in [3.05, 3.63) is 28.8 Å². The molecule has 0 bridgehead atoms. The number of halogens is 1. The first-order valence-corrected chi connectivity index (χ1v) is 10.7. The number of nitriles is 1. The molecular weight excluding hydrogens is 390 g/mol. The number of morpholine rings is 1. The maximum Gasteiger partial charge on any atom is 0.252 e. The van der Waals surface area contributed by atoms with Gasteiger partial charge < -0.3 is 10.1 Å². The zero-order valence-corrected chi connectivity index (χ0v) is 16.8. The number of benzene rings is 1. The number of carbonyl (C=O) groups excluding carboxylic acids is 1. The van der Waals surface area contributed by atoms with Crippen LogP contribution in [0.15, 0.2) is 23.1 Å². The molecule has 1 aromatic carbocycles. The summed E-state index contributed by atoms with van der Waals surface area (Å²) < 4.78 is 33.1. The van der Waals surface area contributed by atoms with E-state index in [0.29, 0.717) is 12.8 Å². The van der Waals surface area contributed by atoms with E-state index in [1.165, 1.54) is 22.5 Å². The van der Waals surface area contributed by atoms with Gasteiger partial charge in [-0.25, -0.2) is 8.42 Å². The molecule has 146 valence electrons. The van der Waals surface area contributed by atoms with E-state index in [2.05, 4.69) is 11.4 Å². The molecule has 2 fully saturated rings. The van der Waals surface area contributed by atoms with E-state index >= 15 is 0 Å². The number of rotatable bonds is 4. The van der Waals surface area contributed by atoms with Crippen LogP contribution in [0.5, 0.6) is 0 Å². The lowest BCUT2D eigenvalue weighted by Gasteiger charge is -2.36. The Morgan fingerprint density at radius 3 is 2.48 bits per heavy atom. The minimum absolute atomic E-state index is 0.0528. The number of carbonyl (C=O) groups is 1. The van der Waals surface area contributed by atoms with Crippen LogP contribution in [0.3, 0.4) is 0 Å². The van der Waals surface area contributed by atoms with Gasteiger partial charge in [-0.15, -0.1) is 0 Å². The summed E-state index contributed by atoms with van der Waals surface area (Å²) in [5, 5.41) is 12.0. The Hall–Kier alpha value is -1.66. The van der Waals surface area contributed by atoms with Gasteiger partial charge in [0.05, 0.1) is 23.3 Å². The number of nitrogens with zero attached hydrogens (tertiary/aromatic N) is 2. The second-order valence-corrected chi connectivity index (χ2v) is 9.54. The molecule has 1 aliphatic heterocycles. The van der Waals surface area contributed by atoms with Crippen molar-refractivity contribution in [1.29, 1.82) is 5.26 Å². The zero-order chi connectivity index (χ0) is 19.8. The molecule has 2 unspecified atom stereocenters. The van der Waals surface area contributed by atoms with Gasteiger partial charge in [-0.2, -0.15) is 9.57 Å². The van der Waals surface area contributed by atoms with Gasteiger partial charge in [-0.05, 0) is 51.3 Å². The molecule has 1 saturated carbocycles. The molecule has 27 heavy (non-hydrogen) atoms. The van der Waals surface area contributed by atoms with Crippen LogP contribution < -0.4 is 5.32 Å². The van der Waals surface area contributed by atoms with Gasteiger partial charge in [0.25, 0.3) is 5.91 Å². The Bertz CT molecular complexity index is 882. The lowest BCUT2D eigenvalue weighted by atomic mass is 9.78. The van der Waals surface area contributed by atoms with Gasteiger partial charge in [0, 0.05) is 18.7 Å². The Morgan fingerprint density at radius 2 is 1.96 bits per heavy atom. The van der Waals surface area contributed by atoms with Crippen LogP contribution in [-0.4, -0.2) is 49.5 Å². The van der Waals surface area contributed by atoms with Crippen molar-refractivity contribution in [2.45, 2.75) is 55.8 Å². The Morgan fingerprint density at radius 1 is 1.33 bits per heavy atom. The second-order valence-electron chi connectivity index (χ2n) is 7.23. The second kappa shape index (κ2) is 7.40. The van der Waals surface area contributed by atoms with Gasteiger partial charge in [0.1, 0.15) is 10.4 Å². The molecule has 1 N–H and O–H groups in total. The summed E-state index contributed by atoms with van der Waals surface area (Å²) in [6, 6.07) is 6.28. The first-order valence-electron chi connectivity index (χ1n) is 8.86. The fraction of sp³-hybridized carbons (Fsp3) is 0.556. The van der Waals surface area contributed by atoms with Crippen molar-refractivity contribution >= 4 is 27.5 Å². The summed E-state index contributed by atoms with van der Waals surface area (Å²) in [6.45, 7) is 4.06. The normalized spacial score (nSPS) is 25.3. The van der Waals surface area contributed by atoms with E-state index in [9.17, 15) is 18.5 Å². The standard InChI is InChI=1S/C18H22ClN3O4S/c1-12-9-22(10-13(2)26-12)27(24,25)16-8-14(4-5-15(16)19)17(23)21-18(11-20)6-3-7-18/h4-5,8,12-13H,3,6-7,9-10H2,1-2H3,(H,21,23). The number of amides is 1. The van der Waals surface area contributed by atoms with Crippen molar-refractivity contribution in [2.75, 3.05) is 13.1 Å². The predicted octanol–water partition coefficient (Wildman–Crippen LogP) is 2.31. The van der Waals surface area contributed by atoms with Crippen LogP contribution in [0.2, 0.25) is 5.02 Å². The molecule has 1 saturated heterocycles. The molecule has 1 aliphatic carbocycles. The number of hydrogen-bond donors (Lipinski definition) is 1. The lowest BCUT2D eigenvalue weighted by Crippen LogP contribution is -2.52. The summed E-state index contributed by atoms with van der Waals surface area (Å²) in [6.07, 6.45) is 1.60. The van der Waals surface area contributed by atoms with E-state index in [-0.39, 0.29) is 40.8 Å². The van der Waals surface area contributed by atoms with Gasteiger partial charge in [-0.3, -0.25) is 4.79 Å². The molecule has 0 radical (unpaired) electrons. The van der Waals surface area contributed by atoms with Gasteiger partial charge in [-0.1, -0.05) is 11.6 Å². The molecular formula is C18H22ClN3O4S. The summed E-state index contributed by atoms with van der Waals surface area (Å²) in [7, 11) is -3.88. The maximum absolute atomic E-state index is 13.1. The average Bonchev–Trinajstić information content (AvgIpc) is 2.57. The first kappa shape index (κ1) is 20.1. The Kier molecular flexibility index (Phi) is 5.50. The highest BCUT2D eigenvalue weighted by atomic mass is 35.5. The first-order chi connectivity index (χ1) is 12.7. The predicted molar refractivity (Wildman–Crippen MR) is 99.9 cm³/mol. The van der Waals surface area contributed by atoms with Crippen molar-refractivity contribution < 1.29 is 17.9 Å². The number of ether oxygens (including phenoxy) is 1. The largest absolute Gasteiger partial charge is 0.373 e. The molecule has 3 rings (SSSR count). The average molecular weight is 412 g/mol. The van der Waals surface area contributed by atoms with Crippen LogP contribution in [0.1, 0.15) is 43.5 Å². The number of nitrogens with one attached hydrogen (secondary N) is 1. The van der Waals surface area contributed by atoms with Gasteiger partial charge >= 0.3 is 0 Å². The summed E-state index contributed by atoms with van der Waals surface area (Å²) >= 11 is 6.16. The van der Waals surface area contributed by atoms with Crippen LogP contribution in [-0.2, 0) is 14.8 Å². The molecule has 1 aromatic rings. The van der Waals surface area contributed by atoms with Crippen LogP contribution in [0.4, 0.5) is 0 Å². The van der Waals surface area contributed by atoms with Crippen molar-refractivity contribution in [3.8, 4) is 6.07 Å². The molecule has 7 nitrogen and oxygen atoms in total. The Labute approximate surface area is 164 Å². The highest BCUT2D eigenvalue weighted by Gasteiger charge is 2.39. The zero-order valence-electron chi connectivity index (χ0n) is 15.2. The van der Waals surface area contributed by atoms with E-state index in [1.54, 1.807) is 0 Å². The SMILES string of the molecule is CC1CN(S(=O)(=O)c2cc(C(=O)NC3(C#N)CCC3)ccc2Cl)CC(C)O1. The van der Waals surface area contributed by atoms with E-state index in [1.807, 2.05) is 13.8 Å². The topological polar surface area (TPSA) is 99.5 Å². The van der Waals surface area contributed by atoms with Gasteiger partial charge in [0.15, 0.2) is 0 Å². The van der Waals surface area contributed by atoms with Crippen molar-refractivity contribution in [2.24, 2.45) is 0 Å². The maximum atomic E-state index is 13.1. The van der Waals surface area contributed by atoms with Crippen LogP contribution >= 0.6 is 11.6 Å². The van der Waals surface area contributed by atoms with Gasteiger partial charge in [0.2, 0.25) is 10.0 Å². The minimum atomic E-state index is -3.88. The number of sulfonamides is 1. The monoisotopic (exact) mass is 411 g/mol. The highest BCUT2D eigenvalue weighted by Crippen LogP contribution is 2.32. The molecule has 0 aromatic heterocycles. The molecule has 0 spiro atoms. The van der Waals surface area contributed by atoms with Crippen molar-refractivity contribution in [1.82, 2.24) is 9.62 Å². The molecule has 1 heterocycles. The fourth-order valence-electron chi connectivity index (χ4n) is 3.39. The van der Waals surface area contributed by atoms with E-state index in [0.717, 1.165) is 6.42 Å². The van der Waals surface area contributed by atoms with Crippen molar-refractivity contribution in [3.63, 3.8) is 0 Å². The van der Waals surface area contributed by atoms with E-state index in [4.69, 9.17) is 16.3 Å². The Balaban J connectivity index is 1.89. The quantitative estimate of drug-likeness (QED) is 0.819. The lowest BCUT2D eigenvalue weighted by molar-refractivity contribution is -0.0440. The molecule has 1 amide bonds. The van der Waals surface area contributed by atoms with Crippen LogP contribution in [0, 0.1) is 11.3 Å². The third-order valence-corrected chi connectivity index (χ3v) is 7.28. The van der Waals surface area contributed by atoms with Crippen LogP contribution in [0.25, 0.3) is 0 Å². The molecule has 9 heteroatoms. The minimum Gasteiger partial charge on any atom is -0.373 e.